The maximum atomic E-state index is 4.33. The molecule has 1 saturated heterocycles. The van der Waals surface area contributed by atoms with E-state index < -0.39 is 0 Å². The highest BCUT2D eigenvalue weighted by Gasteiger charge is 2.29. The van der Waals surface area contributed by atoms with Gasteiger partial charge in [0.05, 0.1) is 23.3 Å². The Morgan fingerprint density at radius 3 is 2.95 bits per heavy atom. The first-order valence-corrected chi connectivity index (χ1v) is 7.29. The Morgan fingerprint density at radius 2 is 2.15 bits per heavy atom. The van der Waals surface area contributed by atoms with Crippen LogP contribution < -0.4 is 0 Å². The van der Waals surface area contributed by atoms with E-state index in [1.54, 1.807) is 0 Å². The topological polar surface area (TPSA) is 51.2 Å². The average Bonchev–Trinajstić information content (AvgIpc) is 3.00. The molecule has 0 aliphatic carbocycles. The van der Waals surface area contributed by atoms with Crippen molar-refractivity contribution in [2.45, 2.75) is 12.6 Å². The molecule has 4 heterocycles. The van der Waals surface area contributed by atoms with Crippen molar-refractivity contribution in [1.82, 2.24) is 29.3 Å². The number of nitrogens with zero attached hydrogens (tertiary/aromatic N) is 6. The molecule has 0 N–H and O–H groups in total. The fourth-order valence-electron chi connectivity index (χ4n) is 2.55. The van der Waals surface area contributed by atoms with Crippen molar-refractivity contribution in [3.8, 4) is 0 Å². The highest BCUT2D eigenvalue weighted by Crippen LogP contribution is 2.23. The quantitative estimate of drug-likeness (QED) is 0.733. The zero-order valence-corrected chi connectivity index (χ0v) is 12.3. The van der Waals surface area contributed by atoms with Crippen LogP contribution in [-0.4, -0.2) is 42.4 Å². The zero-order valence-electron chi connectivity index (χ0n) is 10.7. The van der Waals surface area contributed by atoms with E-state index in [9.17, 15) is 0 Å². The van der Waals surface area contributed by atoms with E-state index >= 15 is 0 Å². The van der Waals surface area contributed by atoms with E-state index in [1.807, 2.05) is 45.9 Å². The van der Waals surface area contributed by atoms with Gasteiger partial charge in [0.15, 0.2) is 11.5 Å². The number of pyridine rings is 1. The molecule has 0 radical (unpaired) electrons. The lowest BCUT2D eigenvalue weighted by atomic mass is 10.1. The van der Waals surface area contributed by atoms with Crippen LogP contribution in [0.25, 0.3) is 5.65 Å². The number of halogens is 1. The van der Waals surface area contributed by atoms with Crippen molar-refractivity contribution in [2.75, 3.05) is 13.1 Å². The molecule has 0 amide bonds. The van der Waals surface area contributed by atoms with Crippen LogP contribution in [-0.2, 0) is 6.54 Å². The van der Waals surface area contributed by atoms with Gasteiger partial charge < -0.3 is 0 Å². The summed E-state index contributed by atoms with van der Waals surface area (Å²) in [5.74, 6) is 0.987. The van der Waals surface area contributed by atoms with Gasteiger partial charge in [0.1, 0.15) is 0 Å². The summed E-state index contributed by atoms with van der Waals surface area (Å²) in [4.78, 5) is 2.35. The van der Waals surface area contributed by atoms with Crippen LogP contribution in [0.1, 0.15) is 11.9 Å². The molecule has 3 aromatic heterocycles. The molecular formula is C13H13BrN6. The molecule has 0 bridgehead atoms. The lowest BCUT2D eigenvalue weighted by Crippen LogP contribution is -2.47. The largest absolute Gasteiger partial charge is 0.292 e. The van der Waals surface area contributed by atoms with Crippen molar-refractivity contribution in [2.24, 2.45) is 0 Å². The highest BCUT2D eigenvalue weighted by atomic mass is 79.9. The number of rotatable bonds is 3. The van der Waals surface area contributed by atoms with E-state index in [2.05, 4.69) is 36.1 Å². The van der Waals surface area contributed by atoms with Gasteiger partial charge in [-0.2, -0.15) is 5.10 Å². The molecule has 7 heteroatoms. The minimum atomic E-state index is 0.459. The van der Waals surface area contributed by atoms with E-state index in [0.717, 1.165) is 35.6 Å². The van der Waals surface area contributed by atoms with Gasteiger partial charge in [-0.15, -0.1) is 10.2 Å². The van der Waals surface area contributed by atoms with Crippen LogP contribution in [0.5, 0.6) is 0 Å². The third-order valence-electron chi connectivity index (χ3n) is 3.63. The van der Waals surface area contributed by atoms with Crippen LogP contribution >= 0.6 is 15.9 Å². The lowest BCUT2D eigenvalue weighted by molar-refractivity contribution is 0.0877. The molecule has 102 valence electrons. The lowest BCUT2D eigenvalue weighted by Gasteiger charge is -2.38. The first-order chi connectivity index (χ1) is 9.79. The summed E-state index contributed by atoms with van der Waals surface area (Å²) < 4.78 is 5.08. The molecule has 1 aliphatic rings. The standard InChI is InChI=1S/C13H13BrN6/c14-10-5-15-20(6-10)11-7-18(8-11)9-13-17-16-12-3-1-2-4-19(12)13/h1-6,11H,7-9H2. The molecule has 6 nitrogen and oxygen atoms in total. The number of hydrogen-bond acceptors (Lipinski definition) is 4. The van der Waals surface area contributed by atoms with Gasteiger partial charge in [0.2, 0.25) is 0 Å². The second-order valence-electron chi connectivity index (χ2n) is 5.03. The monoisotopic (exact) mass is 332 g/mol. The van der Waals surface area contributed by atoms with Crippen LogP contribution in [0.3, 0.4) is 0 Å². The molecule has 0 spiro atoms. The Bertz CT molecular complexity index is 742. The summed E-state index contributed by atoms with van der Waals surface area (Å²) >= 11 is 3.43. The third-order valence-corrected chi connectivity index (χ3v) is 4.04. The van der Waals surface area contributed by atoms with Crippen molar-refractivity contribution in [3.63, 3.8) is 0 Å². The van der Waals surface area contributed by atoms with E-state index in [-0.39, 0.29) is 0 Å². The maximum absolute atomic E-state index is 4.33. The minimum absolute atomic E-state index is 0.459. The van der Waals surface area contributed by atoms with Crippen LogP contribution in [0.4, 0.5) is 0 Å². The Hall–Kier alpha value is -1.73. The second kappa shape index (κ2) is 4.68. The maximum Gasteiger partial charge on any atom is 0.160 e. The molecule has 0 saturated carbocycles. The summed E-state index contributed by atoms with van der Waals surface area (Å²) in [7, 11) is 0. The molecule has 1 fully saturated rings. The summed E-state index contributed by atoms with van der Waals surface area (Å²) in [6.45, 7) is 2.82. The Labute approximate surface area is 124 Å². The van der Waals surface area contributed by atoms with Gasteiger partial charge in [0.25, 0.3) is 0 Å². The van der Waals surface area contributed by atoms with Crippen LogP contribution in [0.15, 0.2) is 41.3 Å². The third kappa shape index (κ3) is 2.03. The number of fused-ring (bicyclic) bond motifs is 1. The van der Waals surface area contributed by atoms with Gasteiger partial charge in [-0.05, 0) is 28.1 Å². The first kappa shape index (κ1) is 12.0. The molecule has 1 aliphatic heterocycles. The van der Waals surface area contributed by atoms with Gasteiger partial charge in [-0.3, -0.25) is 14.0 Å². The first-order valence-electron chi connectivity index (χ1n) is 6.50. The van der Waals surface area contributed by atoms with E-state index in [4.69, 9.17) is 0 Å². The fraction of sp³-hybridized carbons (Fsp3) is 0.308. The number of aromatic nitrogens is 5. The SMILES string of the molecule is Brc1cnn(C2CN(Cc3nnc4ccccn34)C2)c1. The Balaban J connectivity index is 1.44. The van der Waals surface area contributed by atoms with Crippen LogP contribution in [0.2, 0.25) is 0 Å². The fourth-order valence-corrected chi connectivity index (χ4v) is 2.85. The zero-order chi connectivity index (χ0) is 13.5. The predicted molar refractivity (Wildman–Crippen MR) is 77.2 cm³/mol. The van der Waals surface area contributed by atoms with Crippen molar-refractivity contribution < 1.29 is 0 Å². The van der Waals surface area contributed by atoms with Crippen LogP contribution in [0, 0.1) is 0 Å². The molecule has 0 atom stereocenters. The summed E-state index contributed by atoms with van der Waals surface area (Å²) in [6.07, 6.45) is 5.86. The van der Waals surface area contributed by atoms with Gasteiger partial charge in [-0.1, -0.05) is 6.07 Å². The Kier molecular flexibility index (Phi) is 2.82. The summed E-state index contributed by atoms with van der Waals surface area (Å²) in [5.41, 5.74) is 0.899. The summed E-state index contributed by atoms with van der Waals surface area (Å²) in [5, 5.41) is 12.8. The molecule has 3 aromatic rings. The number of hydrogen-bond donors (Lipinski definition) is 0. The van der Waals surface area contributed by atoms with Gasteiger partial charge >= 0.3 is 0 Å². The van der Waals surface area contributed by atoms with Crippen molar-refractivity contribution in [1.29, 1.82) is 0 Å². The van der Waals surface area contributed by atoms with Crippen molar-refractivity contribution >= 4 is 21.6 Å². The van der Waals surface area contributed by atoms with Crippen molar-refractivity contribution in [3.05, 3.63) is 47.1 Å². The Morgan fingerprint density at radius 1 is 1.25 bits per heavy atom. The van der Waals surface area contributed by atoms with Gasteiger partial charge in [-0.25, -0.2) is 0 Å². The summed E-state index contributed by atoms with van der Waals surface area (Å²) in [6, 6.07) is 6.40. The van der Waals surface area contributed by atoms with E-state index in [1.165, 1.54) is 0 Å². The molecule has 0 aromatic carbocycles. The molecular weight excluding hydrogens is 320 g/mol. The number of likely N-dealkylation sites (tertiary alicyclic amines) is 1. The minimum Gasteiger partial charge on any atom is -0.292 e. The normalized spacial score (nSPS) is 16.6. The highest BCUT2D eigenvalue weighted by molar-refractivity contribution is 9.10. The average molecular weight is 333 g/mol. The van der Waals surface area contributed by atoms with Gasteiger partial charge in [0, 0.05) is 25.5 Å². The predicted octanol–water partition coefficient (Wildman–Crippen LogP) is 1.75. The molecule has 20 heavy (non-hydrogen) atoms. The molecule has 4 rings (SSSR count). The smallest absolute Gasteiger partial charge is 0.160 e. The molecule has 0 unspecified atom stereocenters. The second-order valence-corrected chi connectivity index (χ2v) is 5.95. The van der Waals surface area contributed by atoms with E-state index in [0.29, 0.717) is 6.04 Å².